The number of alkyl halides is 3. The fraction of sp³-hybridized carbons (Fsp3) is 0.308. The number of nitrogens with one attached hydrogen (secondary N) is 1. The van der Waals surface area contributed by atoms with Crippen LogP contribution in [-0.2, 0) is 16.0 Å². The molecule has 1 atom stereocenters. The van der Waals surface area contributed by atoms with Crippen molar-refractivity contribution in [3.05, 3.63) is 29.3 Å². The highest BCUT2D eigenvalue weighted by molar-refractivity contribution is 6.18. The van der Waals surface area contributed by atoms with E-state index in [1.165, 1.54) is 25.1 Å². The number of carbonyl (C=O) groups is 3. The average molecular weight is 285 g/mol. The maximum atomic E-state index is 12.4. The van der Waals surface area contributed by atoms with E-state index in [9.17, 15) is 27.6 Å². The van der Waals surface area contributed by atoms with Gasteiger partial charge in [-0.3, -0.25) is 14.4 Å². The zero-order valence-electron chi connectivity index (χ0n) is 10.4. The number of benzene rings is 1. The predicted octanol–water partition coefficient (Wildman–Crippen LogP) is 2.13. The zero-order chi connectivity index (χ0) is 15.1. The number of ketones is 2. The molecule has 0 aliphatic heterocycles. The first-order chi connectivity index (χ1) is 9.21. The highest BCUT2D eigenvalue weighted by Crippen LogP contribution is 2.36. The minimum atomic E-state index is -5.05. The zero-order valence-corrected chi connectivity index (χ0v) is 10.4. The molecule has 0 heterocycles. The second-order valence-corrected chi connectivity index (χ2v) is 4.50. The molecule has 106 valence electrons. The van der Waals surface area contributed by atoms with E-state index in [-0.39, 0.29) is 17.7 Å². The maximum Gasteiger partial charge on any atom is 0.450 e. The number of carbonyl (C=O) groups excluding carboxylic acids is 3. The van der Waals surface area contributed by atoms with Crippen LogP contribution in [0.4, 0.5) is 18.9 Å². The Labute approximate surface area is 112 Å². The van der Waals surface area contributed by atoms with Crippen molar-refractivity contribution in [2.24, 2.45) is 5.92 Å². The van der Waals surface area contributed by atoms with E-state index >= 15 is 0 Å². The van der Waals surface area contributed by atoms with Crippen molar-refractivity contribution in [2.45, 2.75) is 19.5 Å². The lowest BCUT2D eigenvalue weighted by Gasteiger charge is -2.10. The number of rotatable bonds is 2. The van der Waals surface area contributed by atoms with Gasteiger partial charge in [-0.15, -0.1) is 0 Å². The summed E-state index contributed by atoms with van der Waals surface area (Å²) < 4.78 is 37.3. The summed E-state index contributed by atoms with van der Waals surface area (Å²) in [5.41, 5.74) is 0.464. The molecular weight excluding hydrogens is 275 g/mol. The molecule has 2 rings (SSSR count). The van der Waals surface area contributed by atoms with Gasteiger partial charge in [0.05, 0.1) is 11.6 Å². The predicted molar refractivity (Wildman–Crippen MR) is 63.3 cm³/mol. The van der Waals surface area contributed by atoms with Crippen molar-refractivity contribution in [3.63, 3.8) is 0 Å². The standard InChI is InChI=1S/C13H10F3NO3/c1-6(18)17-9-4-2-3-7-5-8(11(19)10(7)9)12(20)13(14,15)16/h2-4,8H,5H2,1H3,(H,17,18). The third kappa shape index (κ3) is 2.43. The van der Waals surface area contributed by atoms with E-state index in [2.05, 4.69) is 5.32 Å². The largest absolute Gasteiger partial charge is 0.450 e. The number of hydrogen-bond donors (Lipinski definition) is 1. The summed E-state index contributed by atoms with van der Waals surface area (Å²) in [4.78, 5) is 34.3. The van der Waals surface area contributed by atoms with Gasteiger partial charge in [-0.25, -0.2) is 0 Å². The SMILES string of the molecule is CC(=O)Nc1cccc2c1C(=O)C(C(=O)C(F)(F)F)C2. The number of anilines is 1. The van der Waals surface area contributed by atoms with E-state index in [0.29, 0.717) is 5.56 Å². The second kappa shape index (κ2) is 4.73. The van der Waals surface area contributed by atoms with Crippen LogP contribution < -0.4 is 5.32 Å². The van der Waals surface area contributed by atoms with E-state index in [4.69, 9.17) is 0 Å². The normalized spacial score (nSPS) is 17.8. The Bertz CT molecular complexity index is 607. The van der Waals surface area contributed by atoms with Gasteiger partial charge in [0.15, 0.2) is 5.78 Å². The molecule has 1 unspecified atom stereocenters. The van der Waals surface area contributed by atoms with Gasteiger partial charge in [-0.1, -0.05) is 12.1 Å². The molecule has 0 saturated carbocycles. The Hall–Kier alpha value is -2.18. The lowest BCUT2D eigenvalue weighted by atomic mass is 9.99. The summed E-state index contributed by atoms with van der Waals surface area (Å²) >= 11 is 0. The smallest absolute Gasteiger partial charge is 0.326 e. The molecule has 1 aliphatic rings. The number of fused-ring (bicyclic) bond motifs is 1. The van der Waals surface area contributed by atoms with Gasteiger partial charge in [0, 0.05) is 12.5 Å². The van der Waals surface area contributed by atoms with Gasteiger partial charge in [0.1, 0.15) is 0 Å². The van der Waals surface area contributed by atoms with Gasteiger partial charge in [0.25, 0.3) is 0 Å². The third-order valence-corrected chi connectivity index (χ3v) is 3.04. The van der Waals surface area contributed by atoms with Crippen LogP contribution >= 0.6 is 0 Å². The molecule has 0 spiro atoms. The fourth-order valence-electron chi connectivity index (χ4n) is 2.25. The molecule has 0 aromatic heterocycles. The van der Waals surface area contributed by atoms with Crippen molar-refractivity contribution >= 4 is 23.2 Å². The van der Waals surface area contributed by atoms with Crippen LogP contribution in [0.15, 0.2) is 18.2 Å². The van der Waals surface area contributed by atoms with E-state index in [0.717, 1.165) is 0 Å². The van der Waals surface area contributed by atoms with Crippen molar-refractivity contribution in [1.82, 2.24) is 0 Å². The minimum absolute atomic E-state index is 0.00898. The molecule has 4 nitrogen and oxygen atoms in total. The maximum absolute atomic E-state index is 12.4. The van der Waals surface area contributed by atoms with Gasteiger partial charge < -0.3 is 5.32 Å². The Morgan fingerprint density at radius 2 is 1.95 bits per heavy atom. The fourth-order valence-corrected chi connectivity index (χ4v) is 2.25. The highest BCUT2D eigenvalue weighted by Gasteiger charge is 2.49. The third-order valence-electron chi connectivity index (χ3n) is 3.04. The van der Waals surface area contributed by atoms with E-state index in [1.54, 1.807) is 0 Å². The van der Waals surface area contributed by atoms with Crippen LogP contribution in [0.1, 0.15) is 22.8 Å². The first-order valence-electron chi connectivity index (χ1n) is 5.76. The Morgan fingerprint density at radius 3 is 2.50 bits per heavy atom. The summed E-state index contributed by atoms with van der Waals surface area (Å²) in [6.45, 7) is 1.22. The van der Waals surface area contributed by atoms with Crippen molar-refractivity contribution in [2.75, 3.05) is 5.32 Å². The molecular formula is C13H10F3NO3. The Kier molecular flexibility index (Phi) is 3.37. The molecule has 1 aromatic rings. The van der Waals surface area contributed by atoms with Gasteiger partial charge >= 0.3 is 6.18 Å². The number of Topliss-reactive ketones (excluding diaryl/α,β-unsaturated/α-hetero) is 2. The molecule has 0 fully saturated rings. The summed E-state index contributed by atoms with van der Waals surface area (Å²) in [5.74, 6) is -5.14. The summed E-state index contributed by atoms with van der Waals surface area (Å²) in [7, 11) is 0. The molecule has 20 heavy (non-hydrogen) atoms. The number of hydrogen-bond acceptors (Lipinski definition) is 3. The first kappa shape index (κ1) is 14.2. The Morgan fingerprint density at radius 1 is 1.30 bits per heavy atom. The highest BCUT2D eigenvalue weighted by atomic mass is 19.4. The van der Waals surface area contributed by atoms with Crippen molar-refractivity contribution in [3.8, 4) is 0 Å². The average Bonchev–Trinajstić information content (AvgIpc) is 2.65. The van der Waals surface area contributed by atoms with Gasteiger partial charge in [-0.2, -0.15) is 13.2 Å². The van der Waals surface area contributed by atoms with Crippen LogP contribution in [0.25, 0.3) is 0 Å². The van der Waals surface area contributed by atoms with Gasteiger partial charge in [-0.05, 0) is 18.1 Å². The first-order valence-corrected chi connectivity index (χ1v) is 5.76. The molecule has 1 N–H and O–H groups in total. The van der Waals surface area contributed by atoms with Crippen LogP contribution in [0.5, 0.6) is 0 Å². The molecule has 1 aromatic carbocycles. The summed E-state index contributed by atoms with van der Waals surface area (Å²) in [6.07, 6.45) is -5.34. The summed E-state index contributed by atoms with van der Waals surface area (Å²) in [5, 5.41) is 2.38. The van der Waals surface area contributed by atoms with Crippen LogP contribution in [0.2, 0.25) is 0 Å². The van der Waals surface area contributed by atoms with Crippen molar-refractivity contribution < 1.29 is 27.6 Å². The van der Waals surface area contributed by atoms with E-state index < -0.39 is 29.6 Å². The monoisotopic (exact) mass is 285 g/mol. The quantitative estimate of drug-likeness (QED) is 0.847. The Balaban J connectivity index is 2.39. The lowest BCUT2D eigenvalue weighted by Crippen LogP contribution is -2.33. The lowest BCUT2D eigenvalue weighted by molar-refractivity contribution is -0.173. The molecule has 7 heteroatoms. The van der Waals surface area contributed by atoms with Crippen LogP contribution in [-0.4, -0.2) is 23.6 Å². The molecule has 0 bridgehead atoms. The van der Waals surface area contributed by atoms with Crippen LogP contribution in [0.3, 0.4) is 0 Å². The van der Waals surface area contributed by atoms with Crippen molar-refractivity contribution in [1.29, 1.82) is 0 Å². The van der Waals surface area contributed by atoms with E-state index in [1.807, 2.05) is 0 Å². The topological polar surface area (TPSA) is 63.2 Å². The molecule has 0 radical (unpaired) electrons. The minimum Gasteiger partial charge on any atom is -0.326 e. The van der Waals surface area contributed by atoms with Gasteiger partial charge in [0.2, 0.25) is 11.7 Å². The number of halogens is 3. The number of amides is 1. The van der Waals surface area contributed by atoms with Crippen LogP contribution in [0, 0.1) is 5.92 Å². The molecule has 1 aliphatic carbocycles. The summed E-state index contributed by atoms with van der Waals surface area (Å²) in [6, 6.07) is 4.40. The second-order valence-electron chi connectivity index (χ2n) is 4.50. The molecule has 0 saturated heterocycles. The molecule has 1 amide bonds.